The van der Waals surface area contributed by atoms with E-state index in [1.165, 1.54) is 11.6 Å². The largest absolute Gasteiger partial charge is 0.496 e. The standard InChI is InChI=1S/C18H20FNO/c1-12(15-10-14(19)8-9-18(15)21-2)20-17-11-16(17)13-6-4-3-5-7-13/h3-10,12,16-17,20H,11H2,1-2H3/t12?,16?,17-/m0/s1. The Hall–Kier alpha value is -1.87. The van der Waals surface area contributed by atoms with Crippen LogP contribution in [0, 0.1) is 5.82 Å². The van der Waals surface area contributed by atoms with Gasteiger partial charge in [-0.15, -0.1) is 0 Å². The second kappa shape index (κ2) is 5.86. The van der Waals surface area contributed by atoms with Gasteiger partial charge in [-0.25, -0.2) is 4.39 Å². The van der Waals surface area contributed by atoms with Crippen LogP contribution in [0.1, 0.15) is 36.4 Å². The Morgan fingerprint density at radius 2 is 1.95 bits per heavy atom. The zero-order chi connectivity index (χ0) is 14.8. The molecule has 0 saturated heterocycles. The SMILES string of the molecule is COc1ccc(F)cc1C(C)N[C@H]1CC1c1ccccc1. The molecule has 1 aliphatic carbocycles. The molecule has 1 saturated carbocycles. The topological polar surface area (TPSA) is 21.3 Å². The first kappa shape index (κ1) is 14.1. The minimum Gasteiger partial charge on any atom is -0.496 e. The molecular weight excluding hydrogens is 265 g/mol. The van der Waals surface area contributed by atoms with E-state index in [1.54, 1.807) is 19.2 Å². The van der Waals surface area contributed by atoms with E-state index in [-0.39, 0.29) is 11.9 Å². The molecule has 0 heterocycles. The van der Waals surface area contributed by atoms with Crippen molar-refractivity contribution in [3.05, 3.63) is 65.5 Å². The molecule has 2 aromatic carbocycles. The summed E-state index contributed by atoms with van der Waals surface area (Å²) in [7, 11) is 1.62. The molecule has 3 atom stereocenters. The van der Waals surface area contributed by atoms with Gasteiger partial charge in [0.15, 0.2) is 0 Å². The lowest BCUT2D eigenvalue weighted by Gasteiger charge is -2.17. The number of nitrogens with one attached hydrogen (secondary N) is 1. The van der Waals surface area contributed by atoms with Gasteiger partial charge in [0.05, 0.1) is 7.11 Å². The summed E-state index contributed by atoms with van der Waals surface area (Å²) >= 11 is 0. The van der Waals surface area contributed by atoms with E-state index < -0.39 is 0 Å². The summed E-state index contributed by atoms with van der Waals surface area (Å²) < 4.78 is 18.8. The van der Waals surface area contributed by atoms with Gasteiger partial charge in [0, 0.05) is 23.6 Å². The van der Waals surface area contributed by atoms with E-state index in [4.69, 9.17) is 4.74 Å². The van der Waals surface area contributed by atoms with E-state index in [0.717, 1.165) is 17.7 Å². The molecule has 0 bridgehead atoms. The van der Waals surface area contributed by atoms with Gasteiger partial charge in [0.25, 0.3) is 0 Å². The Balaban J connectivity index is 1.68. The molecule has 0 radical (unpaired) electrons. The van der Waals surface area contributed by atoms with Gasteiger partial charge in [0.2, 0.25) is 0 Å². The van der Waals surface area contributed by atoms with Crippen LogP contribution >= 0.6 is 0 Å². The van der Waals surface area contributed by atoms with Crippen LogP contribution in [0.4, 0.5) is 4.39 Å². The summed E-state index contributed by atoms with van der Waals surface area (Å²) in [6, 6.07) is 15.7. The fourth-order valence-electron chi connectivity index (χ4n) is 2.90. The summed E-state index contributed by atoms with van der Waals surface area (Å²) in [5, 5.41) is 3.57. The highest BCUT2D eigenvalue weighted by atomic mass is 19.1. The molecule has 1 N–H and O–H groups in total. The summed E-state index contributed by atoms with van der Waals surface area (Å²) in [6.07, 6.45) is 1.13. The first-order valence-electron chi connectivity index (χ1n) is 7.33. The lowest BCUT2D eigenvalue weighted by molar-refractivity contribution is 0.399. The van der Waals surface area contributed by atoms with Crippen LogP contribution in [0.25, 0.3) is 0 Å². The first-order valence-corrected chi connectivity index (χ1v) is 7.33. The second-order valence-electron chi connectivity index (χ2n) is 5.63. The second-order valence-corrected chi connectivity index (χ2v) is 5.63. The molecule has 2 aromatic rings. The fraction of sp³-hybridized carbons (Fsp3) is 0.333. The van der Waals surface area contributed by atoms with Crippen LogP contribution in [0.2, 0.25) is 0 Å². The molecule has 2 unspecified atom stereocenters. The van der Waals surface area contributed by atoms with Crippen molar-refractivity contribution < 1.29 is 9.13 Å². The number of hydrogen-bond acceptors (Lipinski definition) is 2. The molecule has 0 aliphatic heterocycles. The van der Waals surface area contributed by atoms with Crippen LogP contribution in [0.15, 0.2) is 48.5 Å². The van der Waals surface area contributed by atoms with Crippen molar-refractivity contribution in [2.45, 2.75) is 31.3 Å². The molecule has 0 amide bonds. The van der Waals surface area contributed by atoms with Crippen molar-refractivity contribution in [3.8, 4) is 5.75 Å². The van der Waals surface area contributed by atoms with Gasteiger partial charge in [0.1, 0.15) is 11.6 Å². The van der Waals surface area contributed by atoms with Gasteiger partial charge < -0.3 is 10.1 Å². The van der Waals surface area contributed by atoms with Gasteiger partial charge in [-0.3, -0.25) is 0 Å². The third kappa shape index (κ3) is 3.08. The van der Waals surface area contributed by atoms with Crippen LogP contribution < -0.4 is 10.1 Å². The number of halogens is 1. The molecule has 21 heavy (non-hydrogen) atoms. The zero-order valence-corrected chi connectivity index (χ0v) is 12.3. The van der Waals surface area contributed by atoms with Crippen molar-refractivity contribution in [2.75, 3.05) is 7.11 Å². The average molecular weight is 285 g/mol. The van der Waals surface area contributed by atoms with E-state index in [1.807, 2.05) is 6.07 Å². The number of methoxy groups -OCH3 is 1. The number of benzene rings is 2. The summed E-state index contributed by atoms with van der Waals surface area (Å²) in [5.41, 5.74) is 2.24. The van der Waals surface area contributed by atoms with Gasteiger partial charge in [-0.1, -0.05) is 30.3 Å². The van der Waals surface area contributed by atoms with E-state index in [2.05, 4.69) is 36.5 Å². The van der Waals surface area contributed by atoms with Crippen LogP contribution in [-0.2, 0) is 0 Å². The van der Waals surface area contributed by atoms with Crippen LogP contribution in [-0.4, -0.2) is 13.2 Å². The third-order valence-electron chi connectivity index (χ3n) is 4.14. The molecule has 2 nitrogen and oxygen atoms in total. The van der Waals surface area contributed by atoms with Crippen molar-refractivity contribution in [1.29, 1.82) is 0 Å². The van der Waals surface area contributed by atoms with Crippen molar-refractivity contribution in [3.63, 3.8) is 0 Å². The number of rotatable bonds is 5. The zero-order valence-electron chi connectivity index (χ0n) is 12.3. The molecule has 1 aliphatic rings. The minimum absolute atomic E-state index is 0.0642. The Morgan fingerprint density at radius 3 is 2.67 bits per heavy atom. The maximum atomic E-state index is 13.5. The van der Waals surface area contributed by atoms with E-state index in [0.29, 0.717) is 12.0 Å². The Morgan fingerprint density at radius 1 is 1.19 bits per heavy atom. The molecule has 0 spiro atoms. The summed E-state index contributed by atoms with van der Waals surface area (Å²) in [6.45, 7) is 2.05. The molecule has 110 valence electrons. The first-order chi connectivity index (χ1) is 10.2. The van der Waals surface area contributed by atoms with Gasteiger partial charge in [-0.05, 0) is 37.1 Å². The van der Waals surface area contributed by atoms with Crippen LogP contribution in [0.5, 0.6) is 5.75 Å². The molecule has 0 aromatic heterocycles. The molecular formula is C18H20FNO. The highest BCUT2D eigenvalue weighted by molar-refractivity contribution is 5.37. The lowest BCUT2D eigenvalue weighted by Crippen LogP contribution is -2.22. The third-order valence-corrected chi connectivity index (χ3v) is 4.14. The maximum Gasteiger partial charge on any atom is 0.123 e. The fourth-order valence-corrected chi connectivity index (χ4v) is 2.90. The predicted octanol–water partition coefficient (Wildman–Crippen LogP) is 4.04. The molecule has 3 rings (SSSR count). The number of hydrogen-bond donors (Lipinski definition) is 1. The number of ether oxygens (including phenoxy) is 1. The average Bonchev–Trinajstić information content (AvgIpc) is 3.27. The Labute approximate surface area is 125 Å². The normalized spacial score (nSPS) is 21.9. The summed E-state index contributed by atoms with van der Waals surface area (Å²) in [5.74, 6) is 1.07. The Bertz CT molecular complexity index is 614. The van der Waals surface area contributed by atoms with Gasteiger partial charge >= 0.3 is 0 Å². The predicted molar refractivity (Wildman–Crippen MR) is 82.1 cm³/mol. The highest BCUT2D eigenvalue weighted by Crippen LogP contribution is 2.42. The smallest absolute Gasteiger partial charge is 0.123 e. The van der Waals surface area contributed by atoms with Crippen molar-refractivity contribution in [1.82, 2.24) is 5.32 Å². The summed E-state index contributed by atoms with van der Waals surface area (Å²) in [4.78, 5) is 0. The quantitative estimate of drug-likeness (QED) is 0.895. The van der Waals surface area contributed by atoms with Crippen molar-refractivity contribution >= 4 is 0 Å². The minimum atomic E-state index is -0.227. The maximum absolute atomic E-state index is 13.5. The van der Waals surface area contributed by atoms with E-state index in [9.17, 15) is 4.39 Å². The van der Waals surface area contributed by atoms with Gasteiger partial charge in [-0.2, -0.15) is 0 Å². The molecule has 3 heteroatoms. The van der Waals surface area contributed by atoms with Crippen molar-refractivity contribution in [2.24, 2.45) is 0 Å². The van der Waals surface area contributed by atoms with Crippen LogP contribution in [0.3, 0.4) is 0 Å². The Kier molecular flexibility index (Phi) is 3.93. The molecule has 1 fully saturated rings. The van der Waals surface area contributed by atoms with E-state index >= 15 is 0 Å². The lowest BCUT2D eigenvalue weighted by atomic mass is 10.1. The monoisotopic (exact) mass is 285 g/mol. The highest BCUT2D eigenvalue weighted by Gasteiger charge is 2.39.